The molecule has 79 valence electrons. The largest absolute Gasteiger partial charge is 0.508 e. The first kappa shape index (κ1) is 11.3. The molecule has 0 fully saturated rings. The molecule has 0 aliphatic carbocycles. The third-order valence-corrected chi connectivity index (χ3v) is 2.08. The van der Waals surface area contributed by atoms with Crippen molar-refractivity contribution in [3.05, 3.63) is 34.9 Å². The molecule has 0 aliphatic heterocycles. The smallest absolute Gasteiger partial charge is 0.237 e. The summed E-state index contributed by atoms with van der Waals surface area (Å²) in [5.74, 6) is -0.202. The lowest BCUT2D eigenvalue weighted by molar-refractivity contribution is 0.439. The molecule has 0 unspecified atom stereocenters. The molecule has 0 atom stereocenters. The molecule has 0 aliphatic rings. The van der Waals surface area contributed by atoms with Crippen LogP contribution in [0, 0.1) is 0 Å². The number of carbonyl (C=O) groups excluding carboxylic acids is 1. The Kier molecular flexibility index (Phi) is 3.50. The van der Waals surface area contributed by atoms with Gasteiger partial charge >= 0.3 is 0 Å². The van der Waals surface area contributed by atoms with Crippen LogP contribution in [0.3, 0.4) is 0 Å². The van der Waals surface area contributed by atoms with Gasteiger partial charge in [-0.15, -0.1) is 0 Å². The van der Waals surface area contributed by atoms with E-state index in [2.05, 4.69) is 0 Å². The fraction of sp³-hybridized carbons (Fsp3) is 0.250. The number of benzene rings is 1. The zero-order chi connectivity index (χ0) is 11.4. The zero-order valence-electron chi connectivity index (χ0n) is 8.74. The molecule has 1 aromatic carbocycles. The van der Waals surface area contributed by atoms with Crippen molar-refractivity contribution < 1.29 is 15.0 Å². The Labute approximate surface area is 88.7 Å². The molecule has 0 amide bonds. The third-order valence-electron chi connectivity index (χ3n) is 2.08. The second-order valence-electron chi connectivity index (χ2n) is 3.55. The van der Waals surface area contributed by atoms with Gasteiger partial charge in [-0.1, -0.05) is 11.6 Å². The first-order chi connectivity index (χ1) is 7.06. The molecule has 3 nitrogen and oxygen atoms in total. The Balaban J connectivity index is 3.15. The average molecular weight is 205 g/mol. The molecule has 15 heavy (non-hydrogen) atoms. The summed E-state index contributed by atoms with van der Waals surface area (Å²) in [7, 11) is 0. The van der Waals surface area contributed by atoms with Crippen molar-refractivity contribution in [2.24, 2.45) is 0 Å². The number of phenols is 2. The van der Waals surface area contributed by atoms with E-state index in [9.17, 15) is 15.0 Å². The van der Waals surface area contributed by atoms with Gasteiger partial charge in [0, 0.05) is 5.56 Å². The highest BCUT2D eigenvalue weighted by Crippen LogP contribution is 2.30. The molecule has 1 rings (SSSR count). The van der Waals surface area contributed by atoms with Crippen LogP contribution in [0.15, 0.2) is 23.8 Å². The van der Waals surface area contributed by atoms with Gasteiger partial charge in [0.2, 0.25) is 6.29 Å². The molecular formula is C12H13O3. The van der Waals surface area contributed by atoms with E-state index in [0.29, 0.717) is 12.0 Å². The Morgan fingerprint density at radius 2 is 2.07 bits per heavy atom. The van der Waals surface area contributed by atoms with Gasteiger partial charge in [-0.25, -0.2) is 0 Å². The van der Waals surface area contributed by atoms with Crippen LogP contribution < -0.4 is 0 Å². The summed E-state index contributed by atoms with van der Waals surface area (Å²) in [6.45, 7) is 3.84. The van der Waals surface area contributed by atoms with Crippen molar-refractivity contribution in [2.75, 3.05) is 0 Å². The van der Waals surface area contributed by atoms with E-state index < -0.39 is 0 Å². The van der Waals surface area contributed by atoms with Crippen LogP contribution in [0.1, 0.15) is 25.0 Å². The van der Waals surface area contributed by atoms with Crippen molar-refractivity contribution in [3.63, 3.8) is 0 Å². The molecule has 1 radical (unpaired) electrons. The second-order valence-corrected chi connectivity index (χ2v) is 3.55. The van der Waals surface area contributed by atoms with Crippen LogP contribution in [0.4, 0.5) is 0 Å². The number of allylic oxidation sites excluding steroid dienone is 2. The van der Waals surface area contributed by atoms with Crippen LogP contribution in [-0.2, 0) is 11.2 Å². The van der Waals surface area contributed by atoms with Crippen molar-refractivity contribution in [2.45, 2.75) is 20.3 Å². The number of hydrogen-bond donors (Lipinski definition) is 2. The maximum absolute atomic E-state index is 10.4. The highest BCUT2D eigenvalue weighted by molar-refractivity contribution is 5.81. The highest BCUT2D eigenvalue weighted by Gasteiger charge is 2.10. The molecule has 1 aromatic rings. The monoisotopic (exact) mass is 205 g/mol. The van der Waals surface area contributed by atoms with Crippen molar-refractivity contribution in [1.82, 2.24) is 0 Å². The lowest BCUT2D eigenvalue weighted by atomic mass is 10.0. The number of hydrogen-bond acceptors (Lipinski definition) is 3. The van der Waals surface area contributed by atoms with Crippen molar-refractivity contribution >= 4 is 6.29 Å². The Morgan fingerprint density at radius 1 is 1.40 bits per heavy atom. The number of aromatic hydroxyl groups is 2. The molecule has 0 heterocycles. The molecule has 0 aromatic heterocycles. The van der Waals surface area contributed by atoms with E-state index in [-0.39, 0.29) is 17.1 Å². The van der Waals surface area contributed by atoms with Gasteiger partial charge in [0.25, 0.3) is 0 Å². The average Bonchev–Trinajstić information content (AvgIpc) is 2.17. The van der Waals surface area contributed by atoms with Crippen LogP contribution in [0.5, 0.6) is 11.5 Å². The standard InChI is InChI=1S/C12H13O3/c1-8(2)3-5-10-11(14)6-4-9(7-13)12(10)15/h3-4,6,14-15H,5H2,1-2H3. The number of rotatable bonds is 3. The minimum atomic E-state index is -0.192. The van der Waals surface area contributed by atoms with E-state index >= 15 is 0 Å². The van der Waals surface area contributed by atoms with E-state index in [1.165, 1.54) is 12.1 Å². The number of phenolic OH excluding ortho intramolecular Hbond substituents is 2. The summed E-state index contributed by atoms with van der Waals surface area (Å²) in [6.07, 6.45) is 3.88. The predicted molar refractivity (Wildman–Crippen MR) is 57.7 cm³/mol. The van der Waals surface area contributed by atoms with Crippen molar-refractivity contribution in [1.29, 1.82) is 0 Å². The van der Waals surface area contributed by atoms with Crippen molar-refractivity contribution in [3.8, 4) is 11.5 Å². The maximum Gasteiger partial charge on any atom is 0.237 e. The molecular weight excluding hydrogens is 192 g/mol. The van der Waals surface area contributed by atoms with Gasteiger partial charge < -0.3 is 10.2 Å². The van der Waals surface area contributed by atoms with Crippen LogP contribution in [0.2, 0.25) is 0 Å². The first-order valence-corrected chi connectivity index (χ1v) is 4.61. The van der Waals surface area contributed by atoms with Crippen LogP contribution in [-0.4, -0.2) is 16.5 Å². The summed E-state index contributed by atoms with van der Waals surface area (Å²) < 4.78 is 0. The Bertz CT molecular complexity index is 402. The van der Waals surface area contributed by atoms with E-state index in [1.54, 1.807) is 6.29 Å². The molecule has 3 heteroatoms. The first-order valence-electron chi connectivity index (χ1n) is 4.61. The maximum atomic E-state index is 10.4. The van der Waals surface area contributed by atoms with Gasteiger partial charge in [-0.2, -0.15) is 0 Å². The van der Waals surface area contributed by atoms with Crippen LogP contribution >= 0.6 is 0 Å². The minimum absolute atomic E-state index is 0.0102. The van der Waals surface area contributed by atoms with Gasteiger partial charge in [0.15, 0.2) is 0 Å². The molecule has 0 saturated carbocycles. The summed E-state index contributed by atoms with van der Waals surface area (Å²) in [4.78, 5) is 10.4. The van der Waals surface area contributed by atoms with E-state index in [4.69, 9.17) is 0 Å². The lowest BCUT2D eigenvalue weighted by Crippen LogP contribution is -1.90. The summed E-state index contributed by atoms with van der Waals surface area (Å²) in [5, 5.41) is 19.1. The second kappa shape index (κ2) is 4.64. The van der Waals surface area contributed by atoms with Gasteiger partial charge in [0.1, 0.15) is 11.5 Å². The van der Waals surface area contributed by atoms with Gasteiger partial charge in [0.05, 0.1) is 5.56 Å². The summed E-state index contributed by atoms with van der Waals surface area (Å²) in [6, 6.07) is 2.72. The zero-order valence-corrected chi connectivity index (χ0v) is 8.74. The minimum Gasteiger partial charge on any atom is -0.508 e. The fourth-order valence-electron chi connectivity index (χ4n) is 1.22. The molecule has 0 saturated heterocycles. The van der Waals surface area contributed by atoms with E-state index in [0.717, 1.165) is 5.57 Å². The third kappa shape index (κ3) is 2.59. The fourth-order valence-corrected chi connectivity index (χ4v) is 1.22. The molecule has 0 bridgehead atoms. The van der Waals surface area contributed by atoms with E-state index in [1.807, 2.05) is 19.9 Å². The SMILES string of the molecule is CC(C)=CCc1c(O)ccc([C]=O)c1O. The Hall–Kier alpha value is -1.77. The predicted octanol–water partition coefficient (Wildman–Crippen LogP) is 2.06. The topological polar surface area (TPSA) is 57.5 Å². The quantitative estimate of drug-likeness (QED) is 0.742. The lowest BCUT2D eigenvalue weighted by Gasteiger charge is -2.06. The highest BCUT2D eigenvalue weighted by atomic mass is 16.3. The van der Waals surface area contributed by atoms with Gasteiger partial charge in [-0.05, 0) is 32.4 Å². The summed E-state index contributed by atoms with van der Waals surface area (Å²) in [5.41, 5.74) is 1.51. The molecule has 2 N–H and O–H groups in total. The normalized spacial score (nSPS) is 9.73. The Morgan fingerprint density at radius 3 is 2.60 bits per heavy atom. The van der Waals surface area contributed by atoms with Crippen LogP contribution in [0.25, 0.3) is 0 Å². The molecule has 0 spiro atoms. The summed E-state index contributed by atoms with van der Waals surface area (Å²) >= 11 is 0. The van der Waals surface area contributed by atoms with Gasteiger partial charge in [-0.3, -0.25) is 4.79 Å².